The van der Waals surface area contributed by atoms with Crippen LogP contribution in [-0.4, -0.2) is 38.3 Å². The molecule has 1 aliphatic rings. The van der Waals surface area contributed by atoms with E-state index in [1.165, 1.54) is 12.1 Å². The summed E-state index contributed by atoms with van der Waals surface area (Å²) in [5.41, 5.74) is 0.602. The van der Waals surface area contributed by atoms with Crippen molar-refractivity contribution in [3.8, 4) is 0 Å². The lowest BCUT2D eigenvalue weighted by molar-refractivity contribution is -0.119. The van der Waals surface area contributed by atoms with Crippen LogP contribution in [0, 0.1) is 5.82 Å². The van der Waals surface area contributed by atoms with E-state index in [0.29, 0.717) is 24.0 Å². The highest BCUT2D eigenvalue weighted by Gasteiger charge is 2.24. The van der Waals surface area contributed by atoms with Gasteiger partial charge in [0.2, 0.25) is 5.91 Å². The highest BCUT2D eigenvalue weighted by molar-refractivity contribution is 7.91. The van der Waals surface area contributed by atoms with Crippen LogP contribution >= 0.6 is 11.6 Å². The molecule has 2 amide bonds. The van der Waals surface area contributed by atoms with E-state index in [0.717, 1.165) is 18.9 Å². The first-order valence-corrected chi connectivity index (χ1v) is 10.9. The molecule has 0 saturated carbocycles. The number of halogens is 2. The molecule has 0 saturated heterocycles. The maximum Gasteiger partial charge on any atom is 0.252 e. The summed E-state index contributed by atoms with van der Waals surface area (Å²) in [6.45, 7) is 1.53. The van der Waals surface area contributed by atoms with Crippen LogP contribution < -0.4 is 10.6 Å². The molecule has 0 fully saturated rings. The van der Waals surface area contributed by atoms with Gasteiger partial charge in [0.05, 0.1) is 11.4 Å². The van der Waals surface area contributed by atoms with Crippen molar-refractivity contribution < 1.29 is 22.4 Å². The number of carbonyl (C=O) groups is 2. The quantitative estimate of drug-likeness (QED) is 0.714. The maximum atomic E-state index is 13.9. The molecule has 6 nitrogen and oxygen atoms in total. The van der Waals surface area contributed by atoms with E-state index < -0.39 is 27.5 Å². The average Bonchev–Trinajstić information content (AvgIpc) is 2.63. The zero-order valence-corrected chi connectivity index (χ0v) is 16.6. The molecule has 1 aromatic rings. The molecule has 148 valence electrons. The first-order valence-electron chi connectivity index (χ1n) is 8.70. The third kappa shape index (κ3) is 6.04. The van der Waals surface area contributed by atoms with Crippen LogP contribution in [0.1, 0.15) is 32.6 Å². The zero-order chi connectivity index (χ0) is 20.0. The smallest absolute Gasteiger partial charge is 0.252 e. The largest absolute Gasteiger partial charge is 0.351 e. The molecular formula is C18H22ClFN2O4S. The van der Waals surface area contributed by atoms with Gasteiger partial charge in [-0.1, -0.05) is 18.5 Å². The average molecular weight is 417 g/mol. The van der Waals surface area contributed by atoms with E-state index in [4.69, 9.17) is 11.6 Å². The van der Waals surface area contributed by atoms with Crippen molar-refractivity contribution in [1.29, 1.82) is 0 Å². The number of benzene rings is 1. The van der Waals surface area contributed by atoms with E-state index >= 15 is 0 Å². The van der Waals surface area contributed by atoms with Crippen LogP contribution in [0.4, 0.5) is 10.1 Å². The standard InChI is InChI=1S/C18H22ClFN2O4S/c1-2-27(25,26)10-9-21-17(23)13-5-3-4-6-14(13)18(24)22-16-8-7-12(19)11-15(16)20/h7-8,11H,2-6,9-10H2,1H3,(H,21,23)(H,22,24). The number of hydrogen-bond donors (Lipinski definition) is 2. The Labute approximate surface area is 163 Å². The minimum absolute atomic E-state index is 0.00583. The lowest BCUT2D eigenvalue weighted by atomic mass is 9.90. The number of rotatable bonds is 7. The van der Waals surface area contributed by atoms with Gasteiger partial charge in [-0.05, 0) is 43.9 Å². The summed E-state index contributed by atoms with van der Waals surface area (Å²) < 4.78 is 36.9. The van der Waals surface area contributed by atoms with E-state index in [1.54, 1.807) is 6.92 Å². The van der Waals surface area contributed by atoms with Crippen LogP contribution in [0.3, 0.4) is 0 Å². The zero-order valence-electron chi connectivity index (χ0n) is 15.0. The van der Waals surface area contributed by atoms with E-state index in [-0.39, 0.29) is 28.8 Å². The third-order valence-corrected chi connectivity index (χ3v) is 6.27. The van der Waals surface area contributed by atoms with Crippen LogP contribution in [0.2, 0.25) is 5.02 Å². The van der Waals surface area contributed by atoms with Gasteiger partial charge < -0.3 is 10.6 Å². The molecule has 1 aliphatic carbocycles. The number of amides is 2. The molecule has 0 spiro atoms. The van der Waals surface area contributed by atoms with Crippen molar-refractivity contribution in [2.75, 3.05) is 23.4 Å². The fourth-order valence-electron chi connectivity index (χ4n) is 2.77. The van der Waals surface area contributed by atoms with Gasteiger partial charge in [0.25, 0.3) is 5.91 Å². The Kier molecular flexibility index (Phi) is 7.38. The number of sulfone groups is 1. The Morgan fingerprint density at radius 3 is 2.37 bits per heavy atom. The first-order chi connectivity index (χ1) is 12.7. The van der Waals surface area contributed by atoms with Gasteiger partial charge in [0.1, 0.15) is 5.82 Å². The molecule has 0 heterocycles. The number of nitrogens with one attached hydrogen (secondary N) is 2. The van der Waals surface area contributed by atoms with Crippen molar-refractivity contribution in [3.05, 3.63) is 40.2 Å². The highest BCUT2D eigenvalue weighted by atomic mass is 35.5. The molecule has 27 heavy (non-hydrogen) atoms. The fraction of sp³-hybridized carbons (Fsp3) is 0.444. The lowest BCUT2D eigenvalue weighted by Crippen LogP contribution is -2.33. The third-order valence-electron chi connectivity index (χ3n) is 4.33. The van der Waals surface area contributed by atoms with Crippen molar-refractivity contribution in [1.82, 2.24) is 5.32 Å². The summed E-state index contributed by atoms with van der Waals surface area (Å²) in [6, 6.07) is 3.90. The van der Waals surface area contributed by atoms with Crippen molar-refractivity contribution in [3.63, 3.8) is 0 Å². The van der Waals surface area contributed by atoms with Crippen molar-refractivity contribution in [2.24, 2.45) is 0 Å². The SMILES string of the molecule is CCS(=O)(=O)CCNC(=O)C1=C(C(=O)Nc2ccc(Cl)cc2F)CCCC1. The summed E-state index contributed by atoms with van der Waals surface area (Å²) in [5.74, 6) is -1.81. The van der Waals surface area contributed by atoms with Gasteiger partial charge in [0, 0.05) is 28.5 Å². The summed E-state index contributed by atoms with van der Waals surface area (Å²) >= 11 is 5.70. The second-order valence-electron chi connectivity index (χ2n) is 6.23. The van der Waals surface area contributed by atoms with Crippen LogP contribution in [-0.2, 0) is 19.4 Å². The predicted molar refractivity (Wildman–Crippen MR) is 103 cm³/mol. The molecule has 0 aliphatic heterocycles. The molecular weight excluding hydrogens is 395 g/mol. The summed E-state index contributed by atoms with van der Waals surface area (Å²) in [4.78, 5) is 25.0. The predicted octanol–water partition coefficient (Wildman–Crippen LogP) is 2.84. The molecule has 2 rings (SSSR count). The molecule has 0 atom stereocenters. The maximum absolute atomic E-state index is 13.9. The second-order valence-corrected chi connectivity index (χ2v) is 9.14. The Balaban J connectivity index is 2.11. The van der Waals surface area contributed by atoms with E-state index in [1.807, 2.05) is 0 Å². The Hall–Kier alpha value is -1.93. The number of anilines is 1. The summed E-state index contributed by atoms with van der Waals surface area (Å²) in [7, 11) is -3.19. The normalized spacial score (nSPS) is 14.8. The Morgan fingerprint density at radius 2 is 1.78 bits per heavy atom. The Morgan fingerprint density at radius 1 is 1.15 bits per heavy atom. The summed E-state index contributed by atoms with van der Waals surface area (Å²) in [6.07, 6.45) is 2.31. The monoisotopic (exact) mass is 416 g/mol. The fourth-order valence-corrected chi connectivity index (χ4v) is 3.63. The summed E-state index contributed by atoms with van der Waals surface area (Å²) in [5, 5.41) is 5.25. The molecule has 9 heteroatoms. The van der Waals surface area contributed by atoms with Crippen molar-refractivity contribution in [2.45, 2.75) is 32.6 Å². The van der Waals surface area contributed by atoms with Gasteiger partial charge in [-0.3, -0.25) is 9.59 Å². The lowest BCUT2D eigenvalue weighted by Gasteiger charge is -2.19. The van der Waals surface area contributed by atoms with Crippen LogP contribution in [0.5, 0.6) is 0 Å². The van der Waals surface area contributed by atoms with E-state index in [9.17, 15) is 22.4 Å². The molecule has 0 bridgehead atoms. The highest BCUT2D eigenvalue weighted by Crippen LogP contribution is 2.27. The van der Waals surface area contributed by atoms with Gasteiger partial charge in [-0.25, -0.2) is 12.8 Å². The van der Waals surface area contributed by atoms with Crippen LogP contribution in [0.25, 0.3) is 0 Å². The Bertz CT molecular complexity index is 868. The minimum atomic E-state index is -3.19. The molecule has 0 unspecified atom stereocenters. The first kappa shape index (κ1) is 21.4. The number of carbonyl (C=O) groups excluding carboxylic acids is 2. The number of hydrogen-bond acceptors (Lipinski definition) is 4. The van der Waals surface area contributed by atoms with Gasteiger partial charge >= 0.3 is 0 Å². The molecule has 0 radical (unpaired) electrons. The van der Waals surface area contributed by atoms with Gasteiger partial charge in [-0.2, -0.15) is 0 Å². The van der Waals surface area contributed by atoms with Crippen LogP contribution in [0.15, 0.2) is 29.3 Å². The molecule has 1 aromatic carbocycles. The molecule has 2 N–H and O–H groups in total. The minimum Gasteiger partial charge on any atom is -0.351 e. The van der Waals surface area contributed by atoms with Gasteiger partial charge in [0.15, 0.2) is 9.84 Å². The van der Waals surface area contributed by atoms with E-state index in [2.05, 4.69) is 10.6 Å². The van der Waals surface area contributed by atoms with Crippen molar-refractivity contribution >= 4 is 38.9 Å². The second kappa shape index (κ2) is 9.32. The van der Waals surface area contributed by atoms with Gasteiger partial charge in [-0.15, -0.1) is 0 Å². The topological polar surface area (TPSA) is 92.3 Å². The molecule has 0 aromatic heterocycles.